The smallest absolute Gasteiger partial charge is 0.268 e. The van der Waals surface area contributed by atoms with E-state index in [-0.39, 0.29) is 23.9 Å². The number of thioether (sulfide) groups is 1. The van der Waals surface area contributed by atoms with E-state index in [1.165, 1.54) is 17.2 Å². The van der Waals surface area contributed by atoms with Gasteiger partial charge in [0.2, 0.25) is 0 Å². The van der Waals surface area contributed by atoms with Gasteiger partial charge in [-0.1, -0.05) is 74.5 Å². The van der Waals surface area contributed by atoms with Crippen molar-refractivity contribution in [3.8, 4) is 0 Å². The Balaban J connectivity index is 1.89. The molecule has 2 aromatic rings. The van der Waals surface area contributed by atoms with Crippen molar-refractivity contribution in [3.63, 3.8) is 0 Å². The number of rotatable bonds is 8. The van der Waals surface area contributed by atoms with Crippen molar-refractivity contribution in [1.29, 1.82) is 0 Å². The number of carbonyl (C=O) groups excluding carboxylic acids is 2. The van der Waals surface area contributed by atoms with Crippen LogP contribution in [0.3, 0.4) is 0 Å². The molecule has 1 aliphatic heterocycles. The van der Waals surface area contributed by atoms with Crippen LogP contribution >= 0.6 is 11.8 Å². The van der Waals surface area contributed by atoms with Gasteiger partial charge in [0.25, 0.3) is 11.8 Å². The molecule has 2 amide bonds. The summed E-state index contributed by atoms with van der Waals surface area (Å²) in [6.45, 7) is 3.83. The Morgan fingerprint density at radius 3 is 1.61 bits per heavy atom. The predicted molar refractivity (Wildman–Crippen MR) is 123 cm³/mol. The van der Waals surface area contributed by atoms with Crippen LogP contribution in [0.25, 0.3) is 0 Å². The third-order valence-corrected chi connectivity index (χ3v) is 7.55. The average Bonchev–Trinajstić information content (AvgIpc) is 2.74. The Morgan fingerprint density at radius 1 is 0.806 bits per heavy atom. The molecule has 0 aromatic heterocycles. The van der Waals surface area contributed by atoms with Crippen LogP contribution in [-0.4, -0.2) is 47.2 Å². The second kappa shape index (κ2) is 10.2. The van der Waals surface area contributed by atoms with Gasteiger partial charge in [0, 0.05) is 18.3 Å². The molecule has 0 bridgehead atoms. The van der Waals surface area contributed by atoms with Crippen LogP contribution in [-0.2, 0) is 32.6 Å². The highest BCUT2D eigenvalue weighted by Gasteiger charge is 2.46. The fourth-order valence-corrected chi connectivity index (χ4v) is 5.29. The van der Waals surface area contributed by atoms with Crippen molar-refractivity contribution in [2.24, 2.45) is 0 Å². The highest BCUT2D eigenvalue weighted by molar-refractivity contribution is 8.02. The molecular formula is C23H26N2O4S2. The van der Waals surface area contributed by atoms with Crippen LogP contribution in [0.2, 0.25) is 0 Å². The lowest BCUT2D eigenvalue weighted by atomic mass is 10.1. The number of benzene rings is 2. The van der Waals surface area contributed by atoms with E-state index in [1.807, 2.05) is 74.5 Å². The van der Waals surface area contributed by atoms with Crippen molar-refractivity contribution < 1.29 is 18.0 Å². The minimum Gasteiger partial charge on any atom is -0.268 e. The maximum atomic E-state index is 13.2. The molecule has 31 heavy (non-hydrogen) atoms. The molecule has 6 nitrogen and oxygen atoms in total. The van der Waals surface area contributed by atoms with Gasteiger partial charge in [0.15, 0.2) is 0 Å². The standard InChI is InChI=1S/C23H26N2O4S2/c1-18(2)30-17-21-22(26)24(15-13-19-9-5-3-6-10-19)31(28,29)25(23(21)27)16-14-20-11-7-4-8-12-20/h3-12,17-18H,13-16H2,1-2H3. The normalized spacial score (nSPS) is 16.2. The molecule has 0 radical (unpaired) electrons. The zero-order valence-corrected chi connectivity index (χ0v) is 19.2. The quantitative estimate of drug-likeness (QED) is 0.448. The van der Waals surface area contributed by atoms with Gasteiger partial charge >= 0.3 is 10.2 Å². The van der Waals surface area contributed by atoms with E-state index in [2.05, 4.69) is 0 Å². The number of hydrogen-bond donors (Lipinski definition) is 0. The van der Waals surface area contributed by atoms with Crippen molar-refractivity contribution in [2.75, 3.05) is 13.1 Å². The fraction of sp³-hybridized carbons (Fsp3) is 0.304. The summed E-state index contributed by atoms with van der Waals surface area (Å²) in [5.41, 5.74) is 1.73. The zero-order valence-electron chi connectivity index (χ0n) is 17.6. The molecule has 0 atom stereocenters. The van der Waals surface area contributed by atoms with Crippen LogP contribution in [0.4, 0.5) is 0 Å². The van der Waals surface area contributed by atoms with Gasteiger partial charge in [-0.05, 0) is 29.4 Å². The Bertz CT molecular complexity index is 980. The van der Waals surface area contributed by atoms with Gasteiger partial charge in [0.1, 0.15) is 5.57 Å². The Labute approximate surface area is 188 Å². The number of nitrogens with zero attached hydrogens (tertiary/aromatic N) is 2. The molecule has 0 spiro atoms. The lowest BCUT2D eigenvalue weighted by molar-refractivity contribution is -0.131. The SMILES string of the molecule is CC(C)SC=C1C(=O)N(CCc2ccccc2)S(=O)(=O)N(CCc2ccccc2)C1=O. The monoisotopic (exact) mass is 458 g/mol. The van der Waals surface area contributed by atoms with Crippen molar-refractivity contribution in [1.82, 2.24) is 8.61 Å². The third kappa shape index (κ3) is 5.57. The highest BCUT2D eigenvalue weighted by atomic mass is 32.2. The summed E-state index contributed by atoms with van der Waals surface area (Å²) < 4.78 is 28.1. The Hall–Kier alpha value is -2.58. The number of hydrogen-bond acceptors (Lipinski definition) is 5. The van der Waals surface area contributed by atoms with Gasteiger partial charge < -0.3 is 0 Å². The molecule has 1 fully saturated rings. The van der Waals surface area contributed by atoms with Gasteiger partial charge in [-0.15, -0.1) is 11.8 Å². The zero-order chi connectivity index (χ0) is 22.4. The van der Waals surface area contributed by atoms with Crippen molar-refractivity contribution >= 4 is 33.8 Å². The molecule has 0 saturated carbocycles. The lowest BCUT2D eigenvalue weighted by Gasteiger charge is -2.35. The average molecular weight is 459 g/mol. The first-order chi connectivity index (χ1) is 14.8. The van der Waals surface area contributed by atoms with Crippen LogP contribution in [0.1, 0.15) is 25.0 Å². The lowest BCUT2D eigenvalue weighted by Crippen LogP contribution is -2.57. The molecule has 164 valence electrons. The molecule has 0 N–H and O–H groups in total. The summed E-state index contributed by atoms with van der Waals surface area (Å²) in [4.78, 5) is 26.0. The largest absolute Gasteiger partial charge is 0.331 e. The van der Waals surface area contributed by atoms with E-state index in [0.29, 0.717) is 12.8 Å². The summed E-state index contributed by atoms with van der Waals surface area (Å²) in [6, 6.07) is 18.7. The topological polar surface area (TPSA) is 74.8 Å². The van der Waals surface area contributed by atoms with Crippen LogP contribution < -0.4 is 0 Å². The maximum Gasteiger partial charge on any atom is 0.331 e. The molecule has 1 saturated heterocycles. The van der Waals surface area contributed by atoms with Crippen LogP contribution in [0.15, 0.2) is 71.6 Å². The van der Waals surface area contributed by atoms with Crippen molar-refractivity contribution in [2.45, 2.75) is 31.9 Å². The van der Waals surface area contributed by atoms with Crippen molar-refractivity contribution in [3.05, 3.63) is 82.8 Å². The maximum absolute atomic E-state index is 13.2. The summed E-state index contributed by atoms with van der Waals surface area (Å²) in [5.74, 6) is -1.52. The van der Waals surface area contributed by atoms with Gasteiger partial charge in [0.05, 0.1) is 0 Å². The number of amides is 2. The molecule has 0 unspecified atom stereocenters. The van der Waals surface area contributed by atoms with Crippen LogP contribution in [0, 0.1) is 0 Å². The predicted octanol–water partition coefficient (Wildman–Crippen LogP) is 3.41. The summed E-state index contributed by atoms with van der Waals surface area (Å²) in [6.07, 6.45) is 0.744. The van der Waals surface area contributed by atoms with E-state index in [4.69, 9.17) is 0 Å². The molecule has 8 heteroatoms. The number of carbonyl (C=O) groups is 2. The minimum atomic E-state index is -4.26. The fourth-order valence-electron chi connectivity index (χ4n) is 3.18. The molecule has 0 aliphatic carbocycles. The molecule has 1 aliphatic rings. The van der Waals surface area contributed by atoms with Gasteiger partial charge in [-0.3, -0.25) is 9.59 Å². The first-order valence-electron chi connectivity index (χ1n) is 10.1. The summed E-state index contributed by atoms with van der Waals surface area (Å²) in [5, 5.41) is 1.65. The third-order valence-electron chi connectivity index (χ3n) is 4.82. The summed E-state index contributed by atoms with van der Waals surface area (Å²) >= 11 is 1.33. The van der Waals surface area contributed by atoms with E-state index >= 15 is 0 Å². The van der Waals surface area contributed by atoms with E-state index in [9.17, 15) is 18.0 Å². The van der Waals surface area contributed by atoms with E-state index < -0.39 is 22.0 Å². The second-order valence-corrected chi connectivity index (χ2v) is 10.7. The first kappa shape index (κ1) is 23.1. The van der Waals surface area contributed by atoms with E-state index in [0.717, 1.165) is 19.7 Å². The van der Waals surface area contributed by atoms with Crippen LogP contribution in [0.5, 0.6) is 0 Å². The Kier molecular flexibility index (Phi) is 7.56. The highest BCUT2D eigenvalue weighted by Crippen LogP contribution is 2.26. The Morgan fingerprint density at radius 2 is 1.23 bits per heavy atom. The van der Waals surface area contributed by atoms with E-state index in [1.54, 1.807) is 0 Å². The van der Waals surface area contributed by atoms with Gasteiger partial charge in [-0.2, -0.15) is 8.42 Å². The summed E-state index contributed by atoms with van der Waals surface area (Å²) in [7, 11) is -4.26. The molecule has 2 aromatic carbocycles. The molecular weight excluding hydrogens is 432 g/mol. The first-order valence-corrected chi connectivity index (χ1v) is 12.5. The molecule has 3 rings (SSSR count). The molecule has 1 heterocycles. The van der Waals surface area contributed by atoms with Gasteiger partial charge in [-0.25, -0.2) is 8.61 Å². The second-order valence-electron chi connectivity index (χ2n) is 7.45. The minimum absolute atomic E-state index is 0.0238.